The lowest BCUT2D eigenvalue weighted by Gasteiger charge is -2.08. The summed E-state index contributed by atoms with van der Waals surface area (Å²) in [6, 6.07) is -0.672. The fraction of sp³-hybridized carbons (Fsp3) is 0.833. The van der Waals surface area contributed by atoms with Crippen LogP contribution in [0.25, 0.3) is 0 Å². The second-order valence-electron chi connectivity index (χ2n) is 2.15. The topological polar surface area (TPSA) is 55.1 Å². The standard InChI is InChI=1S/C6H12F2N2O/c1-2-4(9)6(11)10-3-5(7)8/h4-5H,2-3,9H2,1H3,(H,10,11)/t4-/m1/s1. The average Bonchev–Trinajstić information content (AvgIpc) is 1.98. The molecule has 3 nitrogen and oxygen atoms in total. The van der Waals surface area contributed by atoms with Gasteiger partial charge in [0.05, 0.1) is 12.6 Å². The number of nitrogens with one attached hydrogen (secondary N) is 1. The van der Waals surface area contributed by atoms with Crippen LogP contribution in [-0.4, -0.2) is 24.9 Å². The Balaban J connectivity index is 3.52. The van der Waals surface area contributed by atoms with E-state index < -0.39 is 24.9 Å². The Morgan fingerprint density at radius 3 is 2.55 bits per heavy atom. The fourth-order valence-corrected chi connectivity index (χ4v) is 0.494. The third-order valence-corrected chi connectivity index (χ3v) is 1.21. The first-order chi connectivity index (χ1) is 5.07. The number of alkyl halides is 2. The van der Waals surface area contributed by atoms with Crippen LogP contribution in [0, 0.1) is 0 Å². The van der Waals surface area contributed by atoms with E-state index in [-0.39, 0.29) is 0 Å². The first-order valence-corrected chi connectivity index (χ1v) is 3.39. The van der Waals surface area contributed by atoms with Crippen LogP contribution in [0.2, 0.25) is 0 Å². The Kier molecular flexibility index (Phi) is 4.69. The van der Waals surface area contributed by atoms with Gasteiger partial charge in [-0.3, -0.25) is 4.79 Å². The number of amides is 1. The summed E-state index contributed by atoms with van der Waals surface area (Å²) in [5.74, 6) is -0.521. The summed E-state index contributed by atoms with van der Waals surface area (Å²) in [6.45, 7) is 1.10. The van der Waals surface area contributed by atoms with Crippen LogP contribution in [0.5, 0.6) is 0 Å². The summed E-state index contributed by atoms with van der Waals surface area (Å²) < 4.78 is 23.0. The minimum absolute atomic E-state index is 0.453. The van der Waals surface area contributed by atoms with Crippen molar-refractivity contribution in [1.29, 1.82) is 0 Å². The Morgan fingerprint density at radius 1 is 1.64 bits per heavy atom. The van der Waals surface area contributed by atoms with Gasteiger partial charge in [0.15, 0.2) is 0 Å². The molecule has 0 saturated carbocycles. The summed E-state index contributed by atoms with van der Waals surface area (Å²) >= 11 is 0. The molecule has 66 valence electrons. The van der Waals surface area contributed by atoms with Crippen molar-refractivity contribution in [2.45, 2.75) is 25.8 Å². The molecule has 0 aromatic rings. The Hall–Kier alpha value is -0.710. The van der Waals surface area contributed by atoms with Crippen LogP contribution in [0.3, 0.4) is 0 Å². The fourth-order valence-electron chi connectivity index (χ4n) is 0.494. The molecular formula is C6H12F2N2O. The van der Waals surface area contributed by atoms with Gasteiger partial charge in [-0.25, -0.2) is 8.78 Å². The lowest BCUT2D eigenvalue weighted by molar-refractivity contribution is -0.123. The van der Waals surface area contributed by atoms with E-state index in [1.165, 1.54) is 0 Å². The monoisotopic (exact) mass is 166 g/mol. The molecule has 1 amide bonds. The molecule has 1 atom stereocenters. The van der Waals surface area contributed by atoms with E-state index in [0.29, 0.717) is 6.42 Å². The van der Waals surface area contributed by atoms with Crippen LogP contribution >= 0.6 is 0 Å². The van der Waals surface area contributed by atoms with Crippen LogP contribution in [0.1, 0.15) is 13.3 Å². The number of hydrogen-bond donors (Lipinski definition) is 2. The van der Waals surface area contributed by atoms with Crippen molar-refractivity contribution >= 4 is 5.91 Å². The molecule has 0 heterocycles. The van der Waals surface area contributed by atoms with Gasteiger partial charge in [-0.1, -0.05) is 6.92 Å². The molecule has 3 N–H and O–H groups in total. The van der Waals surface area contributed by atoms with E-state index in [2.05, 4.69) is 0 Å². The molecular weight excluding hydrogens is 154 g/mol. The highest BCUT2D eigenvalue weighted by atomic mass is 19.3. The van der Waals surface area contributed by atoms with E-state index >= 15 is 0 Å². The largest absolute Gasteiger partial charge is 0.349 e. The van der Waals surface area contributed by atoms with Crippen LogP contribution in [-0.2, 0) is 4.79 Å². The molecule has 0 spiro atoms. The lowest BCUT2D eigenvalue weighted by atomic mass is 10.2. The van der Waals surface area contributed by atoms with E-state index in [1.807, 2.05) is 5.32 Å². The van der Waals surface area contributed by atoms with Crippen molar-refractivity contribution in [3.63, 3.8) is 0 Å². The number of hydrogen-bond acceptors (Lipinski definition) is 2. The zero-order valence-electron chi connectivity index (χ0n) is 6.31. The zero-order valence-corrected chi connectivity index (χ0v) is 6.31. The van der Waals surface area contributed by atoms with Crippen molar-refractivity contribution in [1.82, 2.24) is 5.32 Å². The van der Waals surface area contributed by atoms with Gasteiger partial charge in [-0.15, -0.1) is 0 Å². The summed E-state index contributed by atoms with van der Waals surface area (Å²) in [5, 5.41) is 2.02. The van der Waals surface area contributed by atoms with E-state index in [1.54, 1.807) is 6.92 Å². The maximum atomic E-state index is 11.5. The molecule has 0 radical (unpaired) electrons. The first kappa shape index (κ1) is 10.3. The van der Waals surface area contributed by atoms with Crippen molar-refractivity contribution in [3.8, 4) is 0 Å². The summed E-state index contributed by atoms with van der Waals surface area (Å²) in [7, 11) is 0. The molecule has 0 fully saturated rings. The minimum atomic E-state index is -2.51. The van der Waals surface area contributed by atoms with Crippen molar-refractivity contribution in [3.05, 3.63) is 0 Å². The smallest absolute Gasteiger partial charge is 0.255 e. The van der Waals surface area contributed by atoms with Gasteiger partial charge in [-0.05, 0) is 6.42 Å². The Labute approximate surface area is 63.9 Å². The molecule has 0 saturated heterocycles. The number of carbonyl (C=O) groups is 1. The molecule has 0 aromatic heterocycles. The normalized spacial score (nSPS) is 13.2. The summed E-state index contributed by atoms with van der Waals surface area (Å²) in [6.07, 6.45) is -2.06. The highest BCUT2D eigenvalue weighted by Crippen LogP contribution is 1.90. The average molecular weight is 166 g/mol. The van der Waals surface area contributed by atoms with Gasteiger partial charge in [0.1, 0.15) is 0 Å². The molecule has 0 aliphatic rings. The van der Waals surface area contributed by atoms with Crippen molar-refractivity contribution in [2.75, 3.05) is 6.54 Å². The highest BCUT2D eigenvalue weighted by Gasteiger charge is 2.11. The van der Waals surface area contributed by atoms with Crippen LogP contribution in [0.15, 0.2) is 0 Å². The van der Waals surface area contributed by atoms with E-state index in [0.717, 1.165) is 0 Å². The molecule has 0 unspecified atom stereocenters. The Morgan fingerprint density at radius 2 is 2.18 bits per heavy atom. The van der Waals surface area contributed by atoms with Gasteiger partial charge in [0.25, 0.3) is 6.43 Å². The molecule has 0 rings (SSSR count). The second-order valence-corrected chi connectivity index (χ2v) is 2.15. The predicted molar refractivity (Wildman–Crippen MR) is 37.3 cm³/mol. The second kappa shape index (κ2) is 5.01. The zero-order chi connectivity index (χ0) is 8.85. The van der Waals surface area contributed by atoms with Crippen molar-refractivity contribution < 1.29 is 13.6 Å². The maximum Gasteiger partial charge on any atom is 0.255 e. The molecule has 11 heavy (non-hydrogen) atoms. The quantitative estimate of drug-likeness (QED) is 0.622. The first-order valence-electron chi connectivity index (χ1n) is 3.39. The highest BCUT2D eigenvalue weighted by molar-refractivity contribution is 5.81. The molecule has 0 bridgehead atoms. The molecule has 0 aliphatic carbocycles. The number of rotatable bonds is 4. The number of halogens is 2. The van der Waals surface area contributed by atoms with Gasteiger partial charge in [0, 0.05) is 0 Å². The lowest BCUT2D eigenvalue weighted by Crippen LogP contribution is -2.41. The minimum Gasteiger partial charge on any atom is -0.349 e. The van der Waals surface area contributed by atoms with E-state index in [9.17, 15) is 13.6 Å². The van der Waals surface area contributed by atoms with Gasteiger partial charge in [0.2, 0.25) is 5.91 Å². The van der Waals surface area contributed by atoms with Crippen LogP contribution < -0.4 is 11.1 Å². The van der Waals surface area contributed by atoms with E-state index in [4.69, 9.17) is 5.73 Å². The third kappa shape index (κ3) is 4.66. The molecule has 5 heteroatoms. The SMILES string of the molecule is CC[C@@H](N)C(=O)NCC(F)F. The number of nitrogens with two attached hydrogens (primary N) is 1. The van der Waals surface area contributed by atoms with Gasteiger partial charge < -0.3 is 11.1 Å². The van der Waals surface area contributed by atoms with Gasteiger partial charge in [-0.2, -0.15) is 0 Å². The summed E-state index contributed by atoms with van der Waals surface area (Å²) in [4.78, 5) is 10.7. The third-order valence-electron chi connectivity index (χ3n) is 1.21. The van der Waals surface area contributed by atoms with Crippen molar-refractivity contribution in [2.24, 2.45) is 5.73 Å². The molecule has 0 aliphatic heterocycles. The maximum absolute atomic E-state index is 11.5. The van der Waals surface area contributed by atoms with Gasteiger partial charge >= 0.3 is 0 Å². The predicted octanol–water partition coefficient (Wildman–Crippen LogP) is 0.105. The van der Waals surface area contributed by atoms with Crippen LogP contribution in [0.4, 0.5) is 8.78 Å². The summed E-state index contributed by atoms with van der Waals surface area (Å²) in [5.41, 5.74) is 5.25. The number of carbonyl (C=O) groups excluding carboxylic acids is 1. The Bertz CT molecular complexity index is 130. The molecule has 0 aromatic carbocycles.